The molecule has 0 spiro atoms. The van der Waals surface area contributed by atoms with E-state index in [1.54, 1.807) is 14.2 Å². The molecule has 19 heavy (non-hydrogen) atoms. The van der Waals surface area contributed by atoms with Crippen LogP contribution in [0, 0.1) is 5.92 Å². The number of amides is 1. The Labute approximate surface area is 113 Å². The summed E-state index contributed by atoms with van der Waals surface area (Å²) in [5.74, 6) is 0.901. The summed E-state index contributed by atoms with van der Waals surface area (Å²) in [6, 6.07) is 5.68. The number of methoxy groups -OCH3 is 1. The van der Waals surface area contributed by atoms with Gasteiger partial charge in [-0.1, -0.05) is 0 Å². The Morgan fingerprint density at radius 1 is 1.53 bits per heavy atom. The van der Waals surface area contributed by atoms with E-state index in [0.29, 0.717) is 5.69 Å². The molecule has 0 saturated carbocycles. The molecule has 0 aromatic heterocycles. The highest BCUT2D eigenvalue weighted by Gasteiger charge is 2.26. The van der Waals surface area contributed by atoms with E-state index < -0.39 is 0 Å². The Kier molecular flexibility index (Phi) is 4.14. The van der Waals surface area contributed by atoms with Gasteiger partial charge in [-0.3, -0.25) is 4.79 Å². The molecular weight excluding hydrogens is 242 g/mol. The number of nitrogens with zero attached hydrogens (tertiary/aromatic N) is 1. The fraction of sp³-hybridized carbons (Fsp3) is 0.500. The summed E-state index contributed by atoms with van der Waals surface area (Å²) < 4.78 is 5.15. The second kappa shape index (κ2) is 5.82. The fourth-order valence-electron chi connectivity index (χ4n) is 2.56. The van der Waals surface area contributed by atoms with Crippen molar-refractivity contribution in [3.63, 3.8) is 0 Å². The molecule has 1 aliphatic heterocycles. The molecule has 3 N–H and O–H groups in total. The van der Waals surface area contributed by atoms with Gasteiger partial charge in [0, 0.05) is 26.2 Å². The molecule has 0 bridgehead atoms. The van der Waals surface area contributed by atoms with Gasteiger partial charge in [-0.15, -0.1) is 0 Å². The molecule has 5 heteroatoms. The van der Waals surface area contributed by atoms with Gasteiger partial charge < -0.3 is 20.7 Å². The van der Waals surface area contributed by atoms with Gasteiger partial charge in [-0.05, 0) is 25.0 Å². The lowest BCUT2D eigenvalue weighted by molar-refractivity contribution is -0.124. The molecule has 1 aliphatic rings. The molecule has 1 heterocycles. The largest absolute Gasteiger partial charge is 0.497 e. The number of hydrogen-bond donors (Lipinski definition) is 2. The SMILES string of the molecule is CNC(=O)C1CCCN(c2ccc(OC)cc2N)C1. The Morgan fingerprint density at radius 2 is 2.32 bits per heavy atom. The molecule has 1 fully saturated rings. The number of carbonyl (C=O) groups excluding carboxylic acids is 1. The van der Waals surface area contributed by atoms with Crippen LogP contribution in [0.1, 0.15) is 12.8 Å². The standard InChI is InChI=1S/C14H21N3O2/c1-16-14(18)10-4-3-7-17(9-10)13-6-5-11(19-2)8-12(13)15/h5-6,8,10H,3-4,7,9,15H2,1-2H3,(H,16,18). The van der Waals surface area contributed by atoms with Crippen molar-refractivity contribution in [2.24, 2.45) is 5.92 Å². The first-order valence-corrected chi connectivity index (χ1v) is 6.55. The number of nitrogen functional groups attached to an aromatic ring is 1. The van der Waals surface area contributed by atoms with E-state index in [-0.39, 0.29) is 11.8 Å². The molecule has 5 nitrogen and oxygen atoms in total. The van der Waals surface area contributed by atoms with E-state index >= 15 is 0 Å². The third kappa shape index (κ3) is 2.92. The third-order valence-corrected chi connectivity index (χ3v) is 3.61. The Bertz CT molecular complexity index is 462. The Morgan fingerprint density at radius 3 is 2.95 bits per heavy atom. The number of piperidine rings is 1. The average Bonchev–Trinajstić information content (AvgIpc) is 2.46. The Balaban J connectivity index is 2.15. The second-order valence-electron chi connectivity index (χ2n) is 4.82. The van der Waals surface area contributed by atoms with Crippen LogP contribution < -0.4 is 20.7 Å². The first-order chi connectivity index (χ1) is 9.15. The number of rotatable bonds is 3. The number of anilines is 2. The van der Waals surface area contributed by atoms with Crippen molar-refractivity contribution in [2.45, 2.75) is 12.8 Å². The van der Waals surface area contributed by atoms with Gasteiger partial charge >= 0.3 is 0 Å². The lowest BCUT2D eigenvalue weighted by atomic mass is 9.96. The van der Waals surface area contributed by atoms with E-state index in [9.17, 15) is 4.79 Å². The molecule has 0 radical (unpaired) electrons. The van der Waals surface area contributed by atoms with Crippen LogP contribution >= 0.6 is 0 Å². The highest BCUT2D eigenvalue weighted by Crippen LogP contribution is 2.31. The van der Waals surface area contributed by atoms with E-state index in [4.69, 9.17) is 10.5 Å². The number of benzene rings is 1. The number of nitrogens with one attached hydrogen (secondary N) is 1. The zero-order valence-electron chi connectivity index (χ0n) is 11.5. The predicted molar refractivity (Wildman–Crippen MR) is 76.4 cm³/mol. The van der Waals surface area contributed by atoms with Crippen molar-refractivity contribution in [1.29, 1.82) is 0 Å². The molecule has 1 atom stereocenters. The monoisotopic (exact) mass is 263 g/mol. The van der Waals surface area contributed by atoms with Crippen LogP contribution in [-0.4, -0.2) is 33.2 Å². The summed E-state index contributed by atoms with van der Waals surface area (Å²) >= 11 is 0. The molecule has 1 aromatic rings. The summed E-state index contributed by atoms with van der Waals surface area (Å²) in [7, 11) is 3.31. The molecule has 1 saturated heterocycles. The smallest absolute Gasteiger partial charge is 0.224 e. The van der Waals surface area contributed by atoms with E-state index in [2.05, 4.69) is 10.2 Å². The molecule has 1 aromatic carbocycles. The van der Waals surface area contributed by atoms with Crippen molar-refractivity contribution < 1.29 is 9.53 Å². The van der Waals surface area contributed by atoms with Crippen LogP contribution in [-0.2, 0) is 4.79 Å². The minimum atomic E-state index is 0.0419. The van der Waals surface area contributed by atoms with E-state index in [1.807, 2.05) is 18.2 Å². The van der Waals surface area contributed by atoms with Gasteiger partial charge in [0.2, 0.25) is 5.91 Å². The van der Waals surface area contributed by atoms with Crippen LogP contribution in [0.25, 0.3) is 0 Å². The quantitative estimate of drug-likeness (QED) is 0.805. The number of hydrogen-bond acceptors (Lipinski definition) is 4. The summed E-state index contributed by atoms with van der Waals surface area (Å²) in [4.78, 5) is 13.9. The van der Waals surface area contributed by atoms with Gasteiger partial charge in [0.05, 0.1) is 24.4 Å². The van der Waals surface area contributed by atoms with Gasteiger partial charge in [0.15, 0.2) is 0 Å². The highest BCUT2D eigenvalue weighted by atomic mass is 16.5. The fourth-order valence-corrected chi connectivity index (χ4v) is 2.56. The van der Waals surface area contributed by atoms with Crippen LogP contribution in [0.15, 0.2) is 18.2 Å². The van der Waals surface area contributed by atoms with Crippen molar-refractivity contribution in [3.05, 3.63) is 18.2 Å². The first kappa shape index (κ1) is 13.5. The third-order valence-electron chi connectivity index (χ3n) is 3.61. The summed E-state index contributed by atoms with van der Waals surface area (Å²) in [6.45, 7) is 1.65. The second-order valence-corrected chi connectivity index (χ2v) is 4.82. The predicted octanol–water partition coefficient (Wildman–Crippen LogP) is 1.24. The summed E-state index contributed by atoms with van der Waals surface area (Å²) in [5, 5.41) is 2.72. The molecule has 1 unspecified atom stereocenters. The number of ether oxygens (including phenoxy) is 1. The molecular formula is C14H21N3O2. The van der Waals surface area contributed by atoms with E-state index in [0.717, 1.165) is 37.4 Å². The van der Waals surface area contributed by atoms with Crippen LogP contribution in [0.3, 0.4) is 0 Å². The maximum absolute atomic E-state index is 11.7. The lowest BCUT2D eigenvalue weighted by Crippen LogP contribution is -2.42. The highest BCUT2D eigenvalue weighted by molar-refractivity contribution is 5.80. The van der Waals surface area contributed by atoms with Crippen LogP contribution in [0.2, 0.25) is 0 Å². The van der Waals surface area contributed by atoms with Crippen molar-refractivity contribution in [3.8, 4) is 5.75 Å². The molecule has 0 aliphatic carbocycles. The zero-order chi connectivity index (χ0) is 13.8. The van der Waals surface area contributed by atoms with Gasteiger partial charge in [0.1, 0.15) is 5.75 Å². The van der Waals surface area contributed by atoms with Crippen LogP contribution in [0.4, 0.5) is 11.4 Å². The van der Waals surface area contributed by atoms with Crippen molar-refractivity contribution in [2.75, 3.05) is 37.9 Å². The van der Waals surface area contributed by atoms with Crippen molar-refractivity contribution >= 4 is 17.3 Å². The zero-order valence-corrected chi connectivity index (χ0v) is 11.5. The van der Waals surface area contributed by atoms with Gasteiger partial charge in [0.25, 0.3) is 0 Å². The number of carbonyl (C=O) groups is 1. The normalized spacial score (nSPS) is 19.1. The topological polar surface area (TPSA) is 67.6 Å². The molecule has 1 amide bonds. The van der Waals surface area contributed by atoms with Gasteiger partial charge in [-0.25, -0.2) is 0 Å². The minimum Gasteiger partial charge on any atom is -0.497 e. The van der Waals surface area contributed by atoms with Crippen LogP contribution in [0.5, 0.6) is 5.75 Å². The Hall–Kier alpha value is -1.91. The summed E-state index contributed by atoms with van der Waals surface area (Å²) in [6.07, 6.45) is 1.94. The van der Waals surface area contributed by atoms with Crippen molar-refractivity contribution in [1.82, 2.24) is 5.32 Å². The van der Waals surface area contributed by atoms with E-state index in [1.165, 1.54) is 0 Å². The molecule has 104 valence electrons. The molecule has 2 rings (SSSR count). The maximum Gasteiger partial charge on any atom is 0.224 e. The first-order valence-electron chi connectivity index (χ1n) is 6.55. The summed E-state index contributed by atoms with van der Waals surface area (Å²) in [5.41, 5.74) is 7.73. The lowest BCUT2D eigenvalue weighted by Gasteiger charge is -2.34. The average molecular weight is 263 g/mol. The number of nitrogens with two attached hydrogens (primary N) is 1. The maximum atomic E-state index is 11.7. The van der Waals surface area contributed by atoms with Gasteiger partial charge in [-0.2, -0.15) is 0 Å². The minimum absolute atomic E-state index is 0.0419.